The Kier molecular flexibility index (Phi) is 4.98. The van der Waals surface area contributed by atoms with Crippen LogP contribution in [0.3, 0.4) is 0 Å². The Morgan fingerprint density at radius 2 is 1.55 bits per heavy atom. The van der Waals surface area contributed by atoms with Crippen molar-refractivity contribution in [2.24, 2.45) is 14.1 Å². The molecule has 0 radical (unpaired) electrons. The second kappa shape index (κ2) is 7.51. The SMILES string of the molecule is Cn1ccc(-c2cc(=O)n(C)cc2-c2cnn(-c3ccccc3S(C)(=O)=O)c2)cc1=O. The van der Waals surface area contributed by atoms with Crippen LogP contribution in [0.4, 0.5) is 0 Å². The summed E-state index contributed by atoms with van der Waals surface area (Å²) in [6.45, 7) is 0. The van der Waals surface area contributed by atoms with Crippen LogP contribution in [-0.2, 0) is 23.9 Å². The van der Waals surface area contributed by atoms with Gasteiger partial charge in [0.15, 0.2) is 9.84 Å². The van der Waals surface area contributed by atoms with Gasteiger partial charge < -0.3 is 9.13 Å². The molecule has 0 saturated carbocycles. The number of benzene rings is 1. The van der Waals surface area contributed by atoms with E-state index in [2.05, 4.69) is 5.10 Å². The molecule has 0 aliphatic rings. The molecule has 0 spiro atoms. The Bertz CT molecular complexity index is 1530. The highest BCUT2D eigenvalue weighted by Crippen LogP contribution is 2.31. The van der Waals surface area contributed by atoms with Gasteiger partial charge in [-0.1, -0.05) is 12.1 Å². The number of sulfone groups is 1. The molecule has 0 atom stereocenters. The number of pyridine rings is 2. The minimum atomic E-state index is -3.45. The van der Waals surface area contributed by atoms with E-state index in [1.54, 1.807) is 63.1 Å². The highest BCUT2D eigenvalue weighted by molar-refractivity contribution is 7.90. The van der Waals surface area contributed by atoms with E-state index >= 15 is 0 Å². The molecule has 9 heteroatoms. The quantitative estimate of drug-likeness (QED) is 0.488. The van der Waals surface area contributed by atoms with Gasteiger partial charge in [-0.05, 0) is 29.3 Å². The van der Waals surface area contributed by atoms with Crippen molar-refractivity contribution in [3.05, 3.63) is 88.0 Å². The summed E-state index contributed by atoms with van der Waals surface area (Å²) >= 11 is 0. The number of hydrogen-bond donors (Lipinski definition) is 0. The van der Waals surface area contributed by atoms with Crippen LogP contribution in [0.5, 0.6) is 0 Å². The second-order valence-electron chi connectivity index (χ2n) is 7.33. The molecule has 0 unspecified atom stereocenters. The summed E-state index contributed by atoms with van der Waals surface area (Å²) < 4.78 is 28.7. The van der Waals surface area contributed by atoms with Crippen molar-refractivity contribution in [1.29, 1.82) is 0 Å². The third-order valence-corrected chi connectivity index (χ3v) is 6.19. The highest BCUT2D eigenvalue weighted by Gasteiger charge is 2.17. The van der Waals surface area contributed by atoms with Crippen LogP contribution < -0.4 is 11.1 Å². The van der Waals surface area contributed by atoms with E-state index in [4.69, 9.17) is 0 Å². The molecule has 8 nitrogen and oxygen atoms in total. The average Bonchev–Trinajstić information content (AvgIpc) is 3.21. The molecule has 158 valence electrons. The maximum Gasteiger partial charge on any atom is 0.250 e. The molecule has 0 fully saturated rings. The minimum Gasteiger partial charge on any atom is -0.319 e. The Morgan fingerprint density at radius 3 is 2.26 bits per heavy atom. The molecule has 0 amide bonds. The fraction of sp³-hybridized carbons (Fsp3) is 0.136. The molecule has 0 bridgehead atoms. The van der Waals surface area contributed by atoms with E-state index in [0.29, 0.717) is 27.9 Å². The van der Waals surface area contributed by atoms with Gasteiger partial charge in [0.05, 0.1) is 16.8 Å². The highest BCUT2D eigenvalue weighted by atomic mass is 32.2. The van der Waals surface area contributed by atoms with Crippen molar-refractivity contribution in [2.75, 3.05) is 6.26 Å². The average molecular weight is 436 g/mol. The van der Waals surface area contributed by atoms with Crippen molar-refractivity contribution in [2.45, 2.75) is 4.90 Å². The van der Waals surface area contributed by atoms with Gasteiger partial charge in [-0.2, -0.15) is 5.10 Å². The number of para-hydroxylation sites is 1. The second-order valence-corrected chi connectivity index (χ2v) is 9.31. The van der Waals surface area contributed by atoms with Gasteiger partial charge in [0.25, 0.3) is 11.1 Å². The molecule has 3 aromatic heterocycles. The molecule has 3 heterocycles. The summed E-state index contributed by atoms with van der Waals surface area (Å²) in [4.78, 5) is 24.6. The summed E-state index contributed by atoms with van der Waals surface area (Å²) in [6.07, 6.45) is 7.78. The monoisotopic (exact) mass is 436 g/mol. The fourth-order valence-electron chi connectivity index (χ4n) is 3.37. The minimum absolute atomic E-state index is 0.164. The van der Waals surface area contributed by atoms with Crippen molar-refractivity contribution < 1.29 is 8.42 Å². The number of aromatic nitrogens is 4. The van der Waals surface area contributed by atoms with Gasteiger partial charge in [0.1, 0.15) is 0 Å². The zero-order valence-corrected chi connectivity index (χ0v) is 18.0. The first-order valence-corrected chi connectivity index (χ1v) is 11.3. The van der Waals surface area contributed by atoms with Gasteiger partial charge in [0, 0.05) is 62.2 Å². The summed E-state index contributed by atoms with van der Waals surface area (Å²) in [6, 6.07) is 11.3. The lowest BCUT2D eigenvalue weighted by Crippen LogP contribution is -2.17. The molecule has 4 rings (SSSR count). The number of aryl methyl sites for hydroxylation is 2. The van der Waals surface area contributed by atoms with Crippen LogP contribution in [0, 0.1) is 0 Å². The molecule has 4 aromatic rings. The lowest BCUT2D eigenvalue weighted by molar-refractivity contribution is 0.600. The number of nitrogens with zero attached hydrogens (tertiary/aromatic N) is 4. The van der Waals surface area contributed by atoms with E-state index in [1.807, 2.05) is 0 Å². The zero-order valence-electron chi connectivity index (χ0n) is 17.2. The lowest BCUT2D eigenvalue weighted by Gasteiger charge is -2.11. The van der Waals surface area contributed by atoms with Gasteiger partial charge in [0.2, 0.25) is 0 Å². The van der Waals surface area contributed by atoms with Crippen LogP contribution in [0.25, 0.3) is 27.9 Å². The fourth-order valence-corrected chi connectivity index (χ4v) is 4.24. The topological polar surface area (TPSA) is 96.0 Å². The predicted octanol–water partition coefficient (Wildman–Crippen LogP) is 2.01. The van der Waals surface area contributed by atoms with Crippen molar-refractivity contribution in [1.82, 2.24) is 18.9 Å². The molecule has 1 aromatic carbocycles. The molecule has 0 aliphatic carbocycles. The van der Waals surface area contributed by atoms with Crippen LogP contribution in [0.15, 0.2) is 81.7 Å². The summed E-state index contributed by atoms with van der Waals surface area (Å²) in [5.41, 5.74) is 2.59. The maximum atomic E-state index is 12.3. The first-order chi connectivity index (χ1) is 14.6. The largest absolute Gasteiger partial charge is 0.319 e. The van der Waals surface area contributed by atoms with E-state index in [1.165, 1.54) is 32.0 Å². The van der Waals surface area contributed by atoms with Crippen molar-refractivity contribution in [3.8, 4) is 27.9 Å². The summed E-state index contributed by atoms with van der Waals surface area (Å²) in [5.74, 6) is 0. The smallest absolute Gasteiger partial charge is 0.250 e. The standard InChI is InChI=1S/C22H20N4O4S/c1-24-9-8-15(10-21(24)27)17-11-22(28)25(2)14-18(17)16-12-23-26(13-16)19-6-4-5-7-20(19)31(3,29)30/h4-14H,1-3H3. The number of hydrogen-bond acceptors (Lipinski definition) is 5. The van der Waals surface area contributed by atoms with Crippen LogP contribution in [0.1, 0.15) is 0 Å². The van der Waals surface area contributed by atoms with Gasteiger partial charge in [-0.15, -0.1) is 0 Å². The molecule has 0 saturated heterocycles. The summed E-state index contributed by atoms with van der Waals surface area (Å²) in [7, 11) is -0.158. The predicted molar refractivity (Wildman–Crippen MR) is 118 cm³/mol. The first kappa shape index (κ1) is 20.5. The van der Waals surface area contributed by atoms with Gasteiger partial charge in [-0.25, -0.2) is 13.1 Å². The van der Waals surface area contributed by atoms with Gasteiger partial charge in [-0.3, -0.25) is 9.59 Å². The maximum absolute atomic E-state index is 12.3. The third kappa shape index (κ3) is 3.87. The van der Waals surface area contributed by atoms with Crippen LogP contribution in [-0.4, -0.2) is 33.6 Å². The van der Waals surface area contributed by atoms with Crippen LogP contribution in [0.2, 0.25) is 0 Å². The Morgan fingerprint density at radius 1 is 0.839 bits per heavy atom. The van der Waals surface area contributed by atoms with E-state index in [-0.39, 0.29) is 16.0 Å². The van der Waals surface area contributed by atoms with Gasteiger partial charge >= 0.3 is 0 Å². The Hall–Kier alpha value is -3.72. The number of rotatable bonds is 4. The first-order valence-electron chi connectivity index (χ1n) is 9.37. The summed E-state index contributed by atoms with van der Waals surface area (Å²) in [5, 5.41) is 4.35. The zero-order chi connectivity index (χ0) is 22.3. The van der Waals surface area contributed by atoms with Crippen LogP contribution >= 0.6 is 0 Å². The normalized spacial score (nSPS) is 11.6. The molecular weight excluding hydrogens is 416 g/mol. The lowest BCUT2D eigenvalue weighted by atomic mass is 9.99. The molecular formula is C22H20N4O4S. The van der Waals surface area contributed by atoms with E-state index in [9.17, 15) is 18.0 Å². The molecule has 31 heavy (non-hydrogen) atoms. The molecule has 0 aliphatic heterocycles. The Labute approximate surface area is 178 Å². The molecule has 0 N–H and O–H groups in total. The Balaban J connectivity index is 1.91. The van der Waals surface area contributed by atoms with Crippen molar-refractivity contribution >= 4 is 9.84 Å². The third-order valence-electron chi connectivity index (χ3n) is 5.05. The van der Waals surface area contributed by atoms with Crippen molar-refractivity contribution in [3.63, 3.8) is 0 Å². The van der Waals surface area contributed by atoms with E-state index in [0.717, 1.165) is 6.26 Å². The van der Waals surface area contributed by atoms with E-state index < -0.39 is 9.84 Å².